The molecule has 0 fully saturated rings. The molecule has 0 saturated heterocycles. The number of allylic oxidation sites excluding steroid dienone is 1. The zero-order valence-electron chi connectivity index (χ0n) is 14.1. The van der Waals surface area contributed by atoms with Gasteiger partial charge in [0.2, 0.25) is 0 Å². The van der Waals surface area contributed by atoms with Gasteiger partial charge in [0, 0.05) is 46.1 Å². The first-order chi connectivity index (χ1) is 10.2. The van der Waals surface area contributed by atoms with Crippen LogP contribution < -0.4 is 5.32 Å². The van der Waals surface area contributed by atoms with E-state index in [2.05, 4.69) is 38.4 Å². The van der Waals surface area contributed by atoms with Crippen molar-refractivity contribution in [2.75, 3.05) is 27.2 Å². The molecular weight excluding hydrogens is 389 g/mol. The van der Waals surface area contributed by atoms with Crippen molar-refractivity contribution < 1.29 is 0 Å². The highest BCUT2D eigenvalue weighted by Gasteiger charge is 2.04. The second-order valence-corrected chi connectivity index (χ2v) is 5.20. The fraction of sp³-hybridized carbons (Fsp3) is 0.625. The van der Waals surface area contributed by atoms with Gasteiger partial charge in [0.1, 0.15) is 5.82 Å². The number of aryl methyl sites for hydroxylation is 2. The maximum absolute atomic E-state index is 4.32. The maximum atomic E-state index is 4.32. The molecule has 1 aromatic heterocycles. The monoisotopic (exact) mass is 419 g/mol. The van der Waals surface area contributed by atoms with E-state index in [1.165, 1.54) is 0 Å². The minimum atomic E-state index is 0. The van der Waals surface area contributed by atoms with Crippen LogP contribution in [0.15, 0.2) is 30.0 Å². The number of aliphatic imine (C=N–C) groups is 1. The number of hydrogen-bond acceptors (Lipinski definition) is 2. The molecular formula is C16H30IN5. The van der Waals surface area contributed by atoms with Crippen LogP contribution in [0.2, 0.25) is 0 Å². The third kappa shape index (κ3) is 7.82. The van der Waals surface area contributed by atoms with Crippen molar-refractivity contribution in [2.45, 2.75) is 39.2 Å². The lowest BCUT2D eigenvalue weighted by Gasteiger charge is -2.21. The molecule has 0 unspecified atom stereocenters. The van der Waals surface area contributed by atoms with Gasteiger partial charge in [-0.05, 0) is 32.6 Å². The Hall–Kier alpha value is -1.05. The predicted octanol–water partition coefficient (Wildman–Crippen LogP) is 3.06. The number of nitrogens with zero attached hydrogens (tertiary/aromatic N) is 4. The molecule has 22 heavy (non-hydrogen) atoms. The predicted molar refractivity (Wildman–Crippen MR) is 105 cm³/mol. The van der Waals surface area contributed by atoms with E-state index in [0.29, 0.717) is 0 Å². The largest absolute Gasteiger partial charge is 0.356 e. The first kappa shape index (κ1) is 20.9. The summed E-state index contributed by atoms with van der Waals surface area (Å²) in [5.41, 5.74) is 0. The minimum absolute atomic E-state index is 0. The second kappa shape index (κ2) is 12.5. The molecule has 126 valence electrons. The average molecular weight is 419 g/mol. The quantitative estimate of drug-likeness (QED) is 0.220. The standard InChI is InChI=1S/C16H29N5.HI/c1-5-6-8-12-20(4)16(17-3)19-10-7-9-13-21-14-11-18-15(21)2;/h5,11,14H,1,6-10,12-13H2,2-4H3,(H,17,19);1H. The highest BCUT2D eigenvalue weighted by Crippen LogP contribution is 1.99. The molecule has 0 spiro atoms. The molecule has 0 saturated carbocycles. The smallest absolute Gasteiger partial charge is 0.193 e. The Kier molecular flexibility index (Phi) is 11.9. The summed E-state index contributed by atoms with van der Waals surface area (Å²) < 4.78 is 2.19. The van der Waals surface area contributed by atoms with Gasteiger partial charge >= 0.3 is 0 Å². The lowest BCUT2D eigenvalue weighted by atomic mass is 10.3. The van der Waals surface area contributed by atoms with Gasteiger partial charge in [-0.2, -0.15) is 0 Å². The second-order valence-electron chi connectivity index (χ2n) is 5.20. The van der Waals surface area contributed by atoms with Crippen LogP contribution in [-0.4, -0.2) is 47.6 Å². The van der Waals surface area contributed by atoms with Crippen LogP contribution in [0.1, 0.15) is 31.5 Å². The fourth-order valence-corrected chi connectivity index (χ4v) is 2.21. The van der Waals surface area contributed by atoms with Crippen LogP contribution >= 0.6 is 24.0 Å². The minimum Gasteiger partial charge on any atom is -0.356 e. The van der Waals surface area contributed by atoms with Gasteiger partial charge in [0.15, 0.2) is 5.96 Å². The molecule has 1 N–H and O–H groups in total. The molecule has 0 aliphatic carbocycles. The van der Waals surface area contributed by atoms with Crippen molar-refractivity contribution >= 4 is 29.9 Å². The van der Waals surface area contributed by atoms with Gasteiger partial charge in [-0.3, -0.25) is 4.99 Å². The fourth-order valence-electron chi connectivity index (χ4n) is 2.21. The summed E-state index contributed by atoms with van der Waals surface area (Å²) in [6, 6.07) is 0. The summed E-state index contributed by atoms with van der Waals surface area (Å²) in [5, 5.41) is 3.42. The van der Waals surface area contributed by atoms with Gasteiger partial charge in [-0.1, -0.05) is 6.08 Å². The van der Waals surface area contributed by atoms with E-state index < -0.39 is 0 Å². The van der Waals surface area contributed by atoms with Gasteiger partial charge in [-0.25, -0.2) is 4.98 Å². The number of nitrogens with one attached hydrogen (secondary N) is 1. The van der Waals surface area contributed by atoms with Crippen molar-refractivity contribution in [1.29, 1.82) is 0 Å². The number of guanidine groups is 1. The lowest BCUT2D eigenvalue weighted by molar-refractivity contribution is 0.467. The average Bonchev–Trinajstić information content (AvgIpc) is 2.88. The first-order valence-electron chi connectivity index (χ1n) is 7.69. The lowest BCUT2D eigenvalue weighted by Crippen LogP contribution is -2.39. The van der Waals surface area contributed by atoms with Crippen LogP contribution in [-0.2, 0) is 6.54 Å². The van der Waals surface area contributed by atoms with Crippen LogP contribution in [0.3, 0.4) is 0 Å². The molecule has 0 bridgehead atoms. The highest BCUT2D eigenvalue weighted by molar-refractivity contribution is 14.0. The van der Waals surface area contributed by atoms with E-state index >= 15 is 0 Å². The number of hydrogen-bond donors (Lipinski definition) is 1. The van der Waals surface area contributed by atoms with Crippen LogP contribution in [0.4, 0.5) is 0 Å². The summed E-state index contributed by atoms with van der Waals surface area (Å²) in [7, 11) is 3.91. The topological polar surface area (TPSA) is 45.5 Å². The summed E-state index contributed by atoms with van der Waals surface area (Å²) in [4.78, 5) is 10.7. The van der Waals surface area contributed by atoms with E-state index in [0.717, 1.165) is 57.1 Å². The Labute approximate surface area is 151 Å². The van der Waals surface area contributed by atoms with Crippen LogP contribution in [0, 0.1) is 6.92 Å². The zero-order chi connectivity index (χ0) is 15.5. The molecule has 0 aliphatic rings. The number of aromatic nitrogens is 2. The normalized spacial score (nSPS) is 11.0. The Balaban J connectivity index is 0.00000441. The molecule has 5 nitrogen and oxygen atoms in total. The molecule has 0 radical (unpaired) electrons. The van der Waals surface area contributed by atoms with E-state index in [1.807, 2.05) is 32.4 Å². The van der Waals surface area contributed by atoms with Crippen molar-refractivity contribution in [3.63, 3.8) is 0 Å². The summed E-state index contributed by atoms with van der Waals surface area (Å²) in [6.07, 6.45) is 10.3. The molecule has 1 rings (SSSR count). The summed E-state index contributed by atoms with van der Waals surface area (Å²) in [5.74, 6) is 2.05. The Morgan fingerprint density at radius 1 is 1.45 bits per heavy atom. The number of rotatable bonds is 9. The third-order valence-corrected chi connectivity index (χ3v) is 3.51. The third-order valence-electron chi connectivity index (χ3n) is 3.51. The van der Waals surface area contributed by atoms with E-state index in [4.69, 9.17) is 0 Å². The molecule has 0 atom stereocenters. The molecule has 1 aromatic rings. The molecule has 0 aliphatic heterocycles. The van der Waals surface area contributed by atoms with Crippen LogP contribution in [0.5, 0.6) is 0 Å². The van der Waals surface area contributed by atoms with Gasteiger partial charge in [0.25, 0.3) is 0 Å². The number of imidazole rings is 1. The Morgan fingerprint density at radius 2 is 2.23 bits per heavy atom. The van der Waals surface area contributed by atoms with Crippen LogP contribution in [0.25, 0.3) is 0 Å². The Morgan fingerprint density at radius 3 is 2.82 bits per heavy atom. The van der Waals surface area contributed by atoms with Gasteiger partial charge in [-0.15, -0.1) is 30.6 Å². The van der Waals surface area contributed by atoms with Gasteiger partial charge < -0.3 is 14.8 Å². The van der Waals surface area contributed by atoms with Crippen molar-refractivity contribution in [1.82, 2.24) is 19.8 Å². The zero-order valence-corrected chi connectivity index (χ0v) is 16.4. The molecule has 0 amide bonds. The maximum Gasteiger partial charge on any atom is 0.193 e. The molecule has 1 heterocycles. The highest BCUT2D eigenvalue weighted by atomic mass is 127. The summed E-state index contributed by atoms with van der Waals surface area (Å²) in [6.45, 7) is 8.77. The van der Waals surface area contributed by atoms with E-state index in [-0.39, 0.29) is 24.0 Å². The van der Waals surface area contributed by atoms with Crippen molar-refractivity contribution in [3.8, 4) is 0 Å². The SMILES string of the molecule is C=CCCCN(C)C(=NC)NCCCCn1ccnc1C.I. The van der Waals surface area contributed by atoms with Crippen molar-refractivity contribution in [3.05, 3.63) is 30.9 Å². The van der Waals surface area contributed by atoms with E-state index in [1.54, 1.807) is 0 Å². The van der Waals surface area contributed by atoms with E-state index in [9.17, 15) is 0 Å². The molecule has 6 heteroatoms. The first-order valence-corrected chi connectivity index (χ1v) is 7.69. The number of unbranched alkanes of at least 4 members (excludes halogenated alkanes) is 2. The molecule has 0 aromatic carbocycles. The summed E-state index contributed by atoms with van der Waals surface area (Å²) >= 11 is 0. The Bertz CT molecular complexity index is 441. The number of halogens is 1. The van der Waals surface area contributed by atoms with Gasteiger partial charge in [0.05, 0.1) is 0 Å². The van der Waals surface area contributed by atoms with Crippen molar-refractivity contribution in [2.24, 2.45) is 4.99 Å².